The molecule has 18 heavy (non-hydrogen) atoms. The lowest BCUT2D eigenvalue weighted by molar-refractivity contribution is -0.127. The number of carbonyl (C=O) groups excluding carboxylic acids is 2. The van der Waals surface area contributed by atoms with Gasteiger partial charge in [-0.25, -0.2) is 0 Å². The predicted molar refractivity (Wildman–Crippen MR) is 74.0 cm³/mol. The second-order valence-corrected chi connectivity index (χ2v) is 5.33. The molecule has 0 atom stereocenters. The fourth-order valence-electron chi connectivity index (χ4n) is 2.08. The minimum atomic E-state index is 0.0873. The smallest absolute Gasteiger partial charge is 0.241 e. The number of benzene rings is 1. The van der Waals surface area contributed by atoms with Crippen molar-refractivity contribution in [3.8, 4) is 0 Å². The molecule has 0 N–H and O–H groups in total. The Balaban J connectivity index is 2.32. The highest BCUT2D eigenvalue weighted by Crippen LogP contribution is 2.25. The van der Waals surface area contributed by atoms with E-state index < -0.39 is 0 Å². The van der Waals surface area contributed by atoms with Crippen LogP contribution in [0.2, 0.25) is 0 Å². The van der Waals surface area contributed by atoms with Gasteiger partial charge in [0.1, 0.15) is 0 Å². The fourth-order valence-corrected chi connectivity index (χ4v) is 2.43. The Labute approximate surface area is 115 Å². The number of rotatable bonds is 2. The van der Waals surface area contributed by atoms with Gasteiger partial charge in [-0.15, -0.1) is 0 Å². The lowest BCUT2D eigenvalue weighted by Crippen LogP contribution is -2.34. The van der Waals surface area contributed by atoms with Crippen LogP contribution in [0.1, 0.15) is 16.8 Å². The van der Waals surface area contributed by atoms with Gasteiger partial charge < -0.3 is 9.80 Å². The van der Waals surface area contributed by atoms with Crippen LogP contribution < -0.4 is 4.90 Å². The monoisotopic (exact) mass is 310 g/mol. The van der Waals surface area contributed by atoms with E-state index in [0.29, 0.717) is 12.1 Å². The van der Waals surface area contributed by atoms with Crippen molar-refractivity contribution in [3.63, 3.8) is 0 Å². The molecular weight excluding hydrogens is 296 g/mol. The van der Waals surface area contributed by atoms with Gasteiger partial charge in [0, 0.05) is 35.9 Å². The summed E-state index contributed by atoms with van der Waals surface area (Å²) in [6, 6.07) is 5.49. The molecule has 1 aliphatic heterocycles. The molecular formula is C13H15BrN2O2. The Morgan fingerprint density at radius 3 is 2.83 bits per heavy atom. The molecule has 1 saturated heterocycles. The topological polar surface area (TPSA) is 40.6 Å². The lowest BCUT2D eigenvalue weighted by atomic mass is 10.1. The molecule has 0 aromatic heterocycles. The first-order valence-corrected chi connectivity index (χ1v) is 6.65. The van der Waals surface area contributed by atoms with Gasteiger partial charge in [0.05, 0.1) is 6.54 Å². The zero-order valence-corrected chi connectivity index (χ0v) is 11.8. The van der Waals surface area contributed by atoms with Gasteiger partial charge in [0.25, 0.3) is 0 Å². The summed E-state index contributed by atoms with van der Waals surface area (Å²) in [6.07, 6.45) is 1.74. The van der Waals surface area contributed by atoms with Crippen molar-refractivity contribution in [2.24, 2.45) is 0 Å². The molecule has 0 bridgehead atoms. The molecule has 0 aliphatic carbocycles. The normalized spacial score (nSPS) is 16.7. The van der Waals surface area contributed by atoms with Crippen LogP contribution in [-0.4, -0.2) is 43.8 Å². The Bertz CT molecular complexity index is 476. The Hall–Kier alpha value is -1.36. The third-order valence-electron chi connectivity index (χ3n) is 3.13. The highest BCUT2D eigenvalue weighted by atomic mass is 79.9. The number of anilines is 1. The largest absolute Gasteiger partial charge is 0.362 e. The van der Waals surface area contributed by atoms with E-state index in [4.69, 9.17) is 0 Å². The number of hydrogen-bond donors (Lipinski definition) is 0. The van der Waals surface area contributed by atoms with Crippen LogP contribution in [0.3, 0.4) is 0 Å². The van der Waals surface area contributed by atoms with E-state index in [1.54, 1.807) is 11.0 Å². The average molecular weight is 311 g/mol. The number of hydrogen-bond acceptors (Lipinski definition) is 3. The highest BCUT2D eigenvalue weighted by molar-refractivity contribution is 9.10. The van der Waals surface area contributed by atoms with Crippen molar-refractivity contribution in [2.75, 3.05) is 31.6 Å². The Kier molecular flexibility index (Phi) is 4.01. The Morgan fingerprint density at radius 2 is 2.11 bits per heavy atom. The quantitative estimate of drug-likeness (QED) is 0.784. The molecule has 5 heteroatoms. The van der Waals surface area contributed by atoms with Crippen molar-refractivity contribution in [3.05, 3.63) is 28.2 Å². The van der Waals surface area contributed by atoms with E-state index >= 15 is 0 Å². The number of aldehydes is 1. The summed E-state index contributed by atoms with van der Waals surface area (Å²) in [5.41, 5.74) is 1.44. The van der Waals surface area contributed by atoms with Gasteiger partial charge in [-0.05, 0) is 24.6 Å². The maximum absolute atomic E-state index is 11.9. The number of nitrogens with zero attached hydrogens (tertiary/aromatic N) is 2. The molecule has 0 unspecified atom stereocenters. The van der Waals surface area contributed by atoms with E-state index in [0.717, 1.165) is 36.0 Å². The summed E-state index contributed by atoms with van der Waals surface area (Å²) in [5, 5.41) is 0. The molecule has 96 valence electrons. The molecule has 0 saturated carbocycles. The van der Waals surface area contributed by atoms with Gasteiger partial charge in [-0.1, -0.05) is 15.9 Å². The first-order chi connectivity index (χ1) is 8.61. The van der Waals surface area contributed by atoms with Crippen LogP contribution in [0.15, 0.2) is 22.7 Å². The van der Waals surface area contributed by atoms with Crippen LogP contribution in [0.4, 0.5) is 5.69 Å². The molecule has 0 radical (unpaired) electrons. The summed E-state index contributed by atoms with van der Waals surface area (Å²) in [5.74, 6) is 0.0873. The van der Waals surface area contributed by atoms with Gasteiger partial charge in [-0.2, -0.15) is 0 Å². The van der Waals surface area contributed by atoms with Crippen molar-refractivity contribution in [2.45, 2.75) is 6.42 Å². The fraction of sp³-hybridized carbons (Fsp3) is 0.385. The van der Waals surface area contributed by atoms with E-state index in [2.05, 4.69) is 15.9 Å². The zero-order chi connectivity index (χ0) is 13.1. The second kappa shape index (κ2) is 5.52. The van der Waals surface area contributed by atoms with Crippen molar-refractivity contribution < 1.29 is 9.59 Å². The number of likely N-dealkylation sites (N-methyl/N-ethyl adjacent to an activating group) is 1. The van der Waals surface area contributed by atoms with Crippen LogP contribution >= 0.6 is 15.9 Å². The van der Waals surface area contributed by atoms with Gasteiger partial charge >= 0.3 is 0 Å². The zero-order valence-electron chi connectivity index (χ0n) is 10.2. The summed E-state index contributed by atoms with van der Waals surface area (Å²) in [6.45, 7) is 1.88. The van der Waals surface area contributed by atoms with E-state index in [1.807, 2.05) is 24.1 Å². The van der Waals surface area contributed by atoms with Crippen LogP contribution in [-0.2, 0) is 4.79 Å². The third kappa shape index (κ3) is 2.72. The van der Waals surface area contributed by atoms with Crippen LogP contribution in [0, 0.1) is 0 Å². The summed E-state index contributed by atoms with van der Waals surface area (Å²) < 4.78 is 0.910. The summed E-state index contributed by atoms with van der Waals surface area (Å²) in [4.78, 5) is 26.6. The van der Waals surface area contributed by atoms with E-state index in [-0.39, 0.29) is 5.91 Å². The standard InChI is InChI=1S/C13H15BrN2O2/c1-15-5-2-6-16(8-13(15)18)12-7-11(14)4-3-10(12)9-17/h3-4,7,9H,2,5-6,8H2,1H3. The number of amides is 1. The number of carbonyl (C=O) groups is 2. The molecule has 1 aliphatic rings. The molecule has 1 aromatic rings. The summed E-state index contributed by atoms with van der Waals surface area (Å²) >= 11 is 3.40. The molecule has 1 heterocycles. The molecule has 1 fully saturated rings. The third-order valence-corrected chi connectivity index (χ3v) is 3.63. The maximum Gasteiger partial charge on any atom is 0.241 e. The van der Waals surface area contributed by atoms with E-state index in [9.17, 15) is 9.59 Å². The molecule has 1 aromatic carbocycles. The second-order valence-electron chi connectivity index (χ2n) is 4.41. The highest BCUT2D eigenvalue weighted by Gasteiger charge is 2.20. The molecule has 0 spiro atoms. The van der Waals surface area contributed by atoms with Crippen molar-refractivity contribution >= 4 is 33.8 Å². The molecule has 4 nitrogen and oxygen atoms in total. The minimum Gasteiger partial charge on any atom is -0.362 e. The predicted octanol–water partition coefficient (Wildman–Crippen LogP) is 1.93. The first kappa shape index (κ1) is 13.1. The average Bonchev–Trinajstić information content (AvgIpc) is 2.52. The lowest BCUT2D eigenvalue weighted by Gasteiger charge is -2.23. The van der Waals surface area contributed by atoms with Gasteiger partial charge in [-0.3, -0.25) is 9.59 Å². The van der Waals surface area contributed by atoms with Crippen LogP contribution in [0.5, 0.6) is 0 Å². The van der Waals surface area contributed by atoms with Gasteiger partial charge in [0.2, 0.25) is 5.91 Å². The SMILES string of the molecule is CN1CCCN(c2cc(Br)ccc2C=O)CC1=O. The first-order valence-electron chi connectivity index (χ1n) is 5.85. The van der Waals surface area contributed by atoms with Crippen LogP contribution in [0.25, 0.3) is 0 Å². The van der Waals surface area contributed by atoms with Gasteiger partial charge in [0.15, 0.2) is 6.29 Å². The van der Waals surface area contributed by atoms with E-state index in [1.165, 1.54) is 0 Å². The summed E-state index contributed by atoms with van der Waals surface area (Å²) in [7, 11) is 1.81. The van der Waals surface area contributed by atoms with Crippen molar-refractivity contribution in [1.82, 2.24) is 4.90 Å². The Morgan fingerprint density at radius 1 is 1.33 bits per heavy atom. The van der Waals surface area contributed by atoms with Crippen molar-refractivity contribution in [1.29, 1.82) is 0 Å². The number of halogens is 1. The minimum absolute atomic E-state index is 0.0873. The molecule has 2 rings (SSSR count). The maximum atomic E-state index is 11.9. The molecule has 1 amide bonds.